The van der Waals surface area contributed by atoms with Crippen LogP contribution in [0.25, 0.3) is 0 Å². The van der Waals surface area contributed by atoms with Gasteiger partial charge in [0, 0.05) is 31.7 Å². The molecule has 1 aromatic carbocycles. The Labute approximate surface area is 142 Å². The minimum atomic E-state index is -3.23. The first-order valence-electron chi connectivity index (χ1n) is 8.03. The molecule has 0 spiro atoms. The van der Waals surface area contributed by atoms with Crippen molar-refractivity contribution in [2.24, 2.45) is 0 Å². The Hall–Kier alpha value is -1.93. The van der Waals surface area contributed by atoms with E-state index < -0.39 is 10.0 Å². The predicted octanol–water partition coefficient (Wildman–Crippen LogP) is 0.300. The maximum atomic E-state index is 12.3. The summed E-state index contributed by atoms with van der Waals surface area (Å²) in [6.45, 7) is 3.09. The van der Waals surface area contributed by atoms with E-state index in [0.717, 1.165) is 0 Å². The molecule has 0 unspecified atom stereocenters. The minimum Gasteiger partial charge on any atom is -0.343 e. The van der Waals surface area contributed by atoms with E-state index in [1.807, 2.05) is 6.07 Å². The summed E-state index contributed by atoms with van der Waals surface area (Å²) in [5.74, 6) is -0.433. The molecule has 1 heterocycles. The molecule has 0 radical (unpaired) electrons. The van der Waals surface area contributed by atoms with Gasteiger partial charge < -0.3 is 10.2 Å². The first-order chi connectivity index (χ1) is 11.4. The number of hydrogen-bond donors (Lipinski definition) is 1. The average molecular weight is 353 g/mol. The van der Waals surface area contributed by atoms with E-state index in [0.29, 0.717) is 38.2 Å². The van der Waals surface area contributed by atoms with Crippen molar-refractivity contribution in [1.82, 2.24) is 14.5 Å². The molecule has 0 aliphatic carbocycles. The van der Waals surface area contributed by atoms with Crippen LogP contribution < -0.4 is 5.32 Å². The van der Waals surface area contributed by atoms with Crippen molar-refractivity contribution in [2.75, 3.05) is 38.5 Å². The molecule has 7 nitrogen and oxygen atoms in total. The highest BCUT2D eigenvalue weighted by Crippen LogP contribution is 2.09. The van der Waals surface area contributed by atoms with Crippen molar-refractivity contribution in [3.8, 4) is 0 Å². The lowest BCUT2D eigenvalue weighted by Crippen LogP contribution is -2.42. The maximum Gasteiger partial charge on any atom is 0.251 e. The van der Waals surface area contributed by atoms with Crippen LogP contribution in [0.15, 0.2) is 30.3 Å². The monoisotopic (exact) mass is 353 g/mol. The SMILES string of the molecule is CCS(=O)(=O)N1CCCN(C(=O)CNC(=O)c2ccccc2)CC1. The molecule has 0 aromatic heterocycles. The Bertz CT molecular complexity index is 676. The topological polar surface area (TPSA) is 86.8 Å². The summed E-state index contributed by atoms with van der Waals surface area (Å²) in [6.07, 6.45) is 0.595. The van der Waals surface area contributed by atoms with E-state index in [-0.39, 0.29) is 24.1 Å². The van der Waals surface area contributed by atoms with E-state index in [1.165, 1.54) is 4.31 Å². The third kappa shape index (κ3) is 4.78. The molecule has 1 N–H and O–H groups in total. The third-order valence-corrected chi connectivity index (χ3v) is 5.88. The molecule has 8 heteroatoms. The molecule has 24 heavy (non-hydrogen) atoms. The van der Waals surface area contributed by atoms with Crippen LogP contribution in [0.1, 0.15) is 23.7 Å². The van der Waals surface area contributed by atoms with Gasteiger partial charge in [-0.3, -0.25) is 9.59 Å². The van der Waals surface area contributed by atoms with Crippen LogP contribution in [0.5, 0.6) is 0 Å². The number of carbonyl (C=O) groups excluding carboxylic acids is 2. The summed E-state index contributed by atoms with van der Waals surface area (Å²) in [5.41, 5.74) is 0.501. The fraction of sp³-hybridized carbons (Fsp3) is 0.500. The predicted molar refractivity (Wildman–Crippen MR) is 91.0 cm³/mol. The Morgan fingerprint density at radius 1 is 1.08 bits per heavy atom. The summed E-state index contributed by atoms with van der Waals surface area (Å²) >= 11 is 0. The molecule has 2 amide bonds. The van der Waals surface area contributed by atoms with Gasteiger partial charge in [0.15, 0.2) is 0 Å². The van der Waals surface area contributed by atoms with E-state index in [1.54, 1.807) is 36.1 Å². The number of carbonyl (C=O) groups is 2. The van der Waals surface area contributed by atoms with E-state index >= 15 is 0 Å². The number of rotatable bonds is 5. The number of amides is 2. The Kier molecular flexibility index (Phi) is 6.33. The van der Waals surface area contributed by atoms with Crippen molar-refractivity contribution in [1.29, 1.82) is 0 Å². The normalized spacial score (nSPS) is 16.5. The van der Waals surface area contributed by atoms with Crippen LogP contribution in [0.3, 0.4) is 0 Å². The average Bonchev–Trinajstić information content (AvgIpc) is 2.87. The molecule has 0 atom stereocenters. The number of nitrogens with one attached hydrogen (secondary N) is 1. The van der Waals surface area contributed by atoms with Crippen molar-refractivity contribution in [3.63, 3.8) is 0 Å². The van der Waals surface area contributed by atoms with Crippen molar-refractivity contribution >= 4 is 21.8 Å². The van der Waals surface area contributed by atoms with Crippen molar-refractivity contribution < 1.29 is 18.0 Å². The molecular formula is C16H23N3O4S. The molecule has 1 aromatic rings. The smallest absolute Gasteiger partial charge is 0.251 e. The zero-order valence-electron chi connectivity index (χ0n) is 13.8. The lowest BCUT2D eigenvalue weighted by molar-refractivity contribution is -0.129. The van der Waals surface area contributed by atoms with E-state index in [2.05, 4.69) is 5.32 Å². The van der Waals surface area contributed by atoms with Crippen LogP contribution >= 0.6 is 0 Å². The van der Waals surface area contributed by atoms with Crippen LogP contribution in [0, 0.1) is 0 Å². The van der Waals surface area contributed by atoms with Crippen molar-refractivity contribution in [3.05, 3.63) is 35.9 Å². The van der Waals surface area contributed by atoms with Crippen LogP contribution in [0.2, 0.25) is 0 Å². The van der Waals surface area contributed by atoms with Crippen LogP contribution in [-0.2, 0) is 14.8 Å². The van der Waals surface area contributed by atoms with Gasteiger partial charge in [-0.2, -0.15) is 0 Å². The first kappa shape index (κ1) is 18.4. The maximum absolute atomic E-state index is 12.3. The van der Waals surface area contributed by atoms with Gasteiger partial charge in [-0.15, -0.1) is 0 Å². The lowest BCUT2D eigenvalue weighted by Gasteiger charge is -2.21. The second-order valence-electron chi connectivity index (χ2n) is 5.58. The number of benzene rings is 1. The van der Waals surface area contributed by atoms with Crippen LogP contribution in [0.4, 0.5) is 0 Å². The zero-order chi connectivity index (χ0) is 17.6. The third-order valence-electron chi connectivity index (χ3n) is 4.00. The summed E-state index contributed by atoms with van der Waals surface area (Å²) in [4.78, 5) is 25.8. The van der Waals surface area contributed by atoms with Gasteiger partial charge in [0.05, 0.1) is 12.3 Å². The van der Waals surface area contributed by atoms with E-state index in [9.17, 15) is 18.0 Å². The Morgan fingerprint density at radius 3 is 2.46 bits per heavy atom. The molecule has 0 bridgehead atoms. The molecule has 2 rings (SSSR count). The van der Waals surface area contributed by atoms with Crippen molar-refractivity contribution in [2.45, 2.75) is 13.3 Å². The van der Waals surface area contributed by atoms with Gasteiger partial charge in [-0.25, -0.2) is 12.7 Å². The lowest BCUT2D eigenvalue weighted by atomic mass is 10.2. The van der Waals surface area contributed by atoms with Gasteiger partial charge in [-0.05, 0) is 25.5 Å². The Morgan fingerprint density at radius 2 is 1.79 bits per heavy atom. The molecule has 0 saturated carbocycles. The first-order valence-corrected chi connectivity index (χ1v) is 9.64. The number of nitrogens with zero attached hydrogens (tertiary/aromatic N) is 2. The zero-order valence-corrected chi connectivity index (χ0v) is 14.6. The van der Waals surface area contributed by atoms with Gasteiger partial charge in [0.25, 0.3) is 5.91 Å². The highest BCUT2D eigenvalue weighted by atomic mass is 32.2. The van der Waals surface area contributed by atoms with Gasteiger partial charge in [-0.1, -0.05) is 18.2 Å². The molecule has 132 valence electrons. The molecule has 1 aliphatic rings. The summed E-state index contributed by atoms with van der Waals surface area (Å²) in [5, 5.41) is 2.61. The summed E-state index contributed by atoms with van der Waals surface area (Å²) in [7, 11) is -3.23. The summed E-state index contributed by atoms with van der Waals surface area (Å²) in [6, 6.07) is 8.69. The Balaban J connectivity index is 1.86. The van der Waals surface area contributed by atoms with E-state index in [4.69, 9.17) is 0 Å². The van der Waals surface area contributed by atoms with Gasteiger partial charge in [0.2, 0.25) is 15.9 Å². The largest absolute Gasteiger partial charge is 0.343 e. The second kappa shape index (κ2) is 8.25. The quantitative estimate of drug-likeness (QED) is 0.825. The number of hydrogen-bond acceptors (Lipinski definition) is 4. The van der Waals surface area contributed by atoms with Gasteiger partial charge in [0.1, 0.15) is 0 Å². The molecule has 1 aliphatic heterocycles. The second-order valence-corrected chi connectivity index (χ2v) is 7.84. The molecule has 1 fully saturated rings. The standard InChI is InChI=1S/C16H23N3O4S/c1-2-24(22,23)19-10-6-9-18(11-12-19)15(20)13-17-16(21)14-7-4-3-5-8-14/h3-5,7-8H,2,6,9-13H2,1H3,(H,17,21). The highest BCUT2D eigenvalue weighted by molar-refractivity contribution is 7.89. The summed E-state index contributed by atoms with van der Waals surface area (Å²) < 4.78 is 25.3. The minimum absolute atomic E-state index is 0.0636. The molecular weight excluding hydrogens is 330 g/mol. The fourth-order valence-corrected chi connectivity index (χ4v) is 3.70. The number of sulfonamides is 1. The highest BCUT2D eigenvalue weighted by Gasteiger charge is 2.25. The molecule has 1 saturated heterocycles. The van der Waals surface area contributed by atoms with Crippen LogP contribution in [-0.4, -0.2) is 67.9 Å². The van der Waals surface area contributed by atoms with Gasteiger partial charge >= 0.3 is 0 Å². The fourth-order valence-electron chi connectivity index (χ4n) is 2.56.